The number of aromatic nitrogens is 1. The molecule has 1 amide bonds. The standard InChI is InChI=1S/C26H33N3O3/c30-25(18-32-22-9-5-2-6-10-22)27-23-11-12-24-21-13-20(16-29(24)26(23)31)15-28(17-21)14-19-7-3-1-4-8-19/h2,5-6,9-12,19-21H,1,3-4,7-8,13-18H2,(H,27,30). The van der Waals surface area contributed by atoms with Crippen LogP contribution in [-0.2, 0) is 11.3 Å². The van der Waals surface area contributed by atoms with Crippen LogP contribution in [0.2, 0.25) is 0 Å². The van der Waals surface area contributed by atoms with Crippen molar-refractivity contribution >= 4 is 11.6 Å². The fourth-order valence-corrected chi connectivity index (χ4v) is 5.88. The Kier molecular flexibility index (Phi) is 6.30. The Labute approximate surface area is 189 Å². The van der Waals surface area contributed by atoms with E-state index in [2.05, 4.69) is 10.2 Å². The van der Waals surface area contributed by atoms with Crippen LogP contribution in [0.4, 0.5) is 5.69 Å². The van der Waals surface area contributed by atoms with Crippen molar-refractivity contribution < 1.29 is 9.53 Å². The fourth-order valence-electron chi connectivity index (χ4n) is 5.88. The van der Waals surface area contributed by atoms with Gasteiger partial charge in [0.25, 0.3) is 11.5 Å². The number of hydrogen-bond acceptors (Lipinski definition) is 4. The second kappa shape index (κ2) is 9.49. The molecule has 5 rings (SSSR count). The summed E-state index contributed by atoms with van der Waals surface area (Å²) >= 11 is 0. The first kappa shape index (κ1) is 21.3. The summed E-state index contributed by atoms with van der Waals surface area (Å²) < 4.78 is 7.41. The van der Waals surface area contributed by atoms with Gasteiger partial charge in [0.2, 0.25) is 0 Å². The summed E-state index contributed by atoms with van der Waals surface area (Å²) in [4.78, 5) is 28.1. The van der Waals surface area contributed by atoms with Crippen molar-refractivity contribution in [2.45, 2.75) is 51.0 Å². The molecule has 2 unspecified atom stereocenters. The number of nitrogens with zero attached hydrogens (tertiary/aromatic N) is 2. The number of anilines is 1. The first-order chi connectivity index (χ1) is 15.7. The zero-order valence-corrected chi connectivity index (χ0v) is 18.7. The summed E-state index contributed by atoms with van der Waals surface area (Å²) in [5.74, 6) is 2.08. The molecule has 0 radical (unpaired) electrons. The summed E-state index contributed by atoms with van der Waals surface area (Å²) in [6, 6.07) is 13.0. The van der Waals surface area contributed by atoms with Crippen molar-refractivity contribution in [2.75, 3.05) is 31.6 Å². The van der Waals surface area contributed by atoms with E-state index in [1.807, 2.05) is 28.8 Å². The first-order valence-electron chi connectivity index (χ1n) is 12.1. The summed E-state index contributed by atoms with van der Waals surface area (Å²) in [6.45, 7) is 3.97. The lowest BCUT2D eigenvalue weighted by Crippen LogP contribution is -2.48. The number of para-hydroxylation sites is 1. The average molecular weight is 436 g/mol. The van der Waals surface area contributed by atoms with E-state index < -0.39 is 0 Å². The highest BCUT2D eigenvalue weighted by molar-refractivity contribution is 5.91. The number of carbonyl (C=O) groups is 1. The topological polar surface area (TPSA) is 63.6 Å². The van der Waals surface area contributed by atoms with Crippen molar-refractivity contribution in [3.05, 3.63) is 58.5 Å². The SMILES string of the molecule is O=C(COc1ccccc1)Nc1ccc2n(c1=O)CC1CC2CN(CC2CCCCC2)C1. The fraction of sp³-hybridized carbons (Fsp3) is 0.538. The Bertz CT molecular complexity index is 997. The molecule has 6 nitrogen and oxygen atoms in total. The van der Waals surface area contributed by atoms with Gasteiger partial charge in [-0.2, -0.15) is 0 Å². The Morgan fingerprint density at radius 3 is 2.62 bits per heavy atom. The van der Waals surface area contributed by atoms with Crippen LogP contribution < -0.4 is 15.6 Å². The van der Waals surface area contributed by atoms with Crippen LogP contribution in [0.15, 0.2) is 47.3 Å². The average Bonchev–Trinajstić information content (AvgIpc) is 2.81. The molecule has 32 heavy (non-hydrogen) atoms. The van der Waals surface area contributed by atoms with Crippen LogP contribution in [-0.4, -0.2) is 41.6 Å². The van der Waals surface area contributed by atoms with Gasteiger partial charge >= 0.3 is 0 Å². The molecule has 0 spiro atoms. The molecule has 6 heteroatoms. The monoisotopic (exact) mass is 435 g/mol. The number of carbonyl (C=O) groups excluding carboxylic acids is 1. The third-order valence-corrected chi connectivity index (χ3v) is 7.31. The van der Waals surface area contributed by atoms with Crippen molar-refractivity contribution in [3.63, 3.8) is 0 Å². The predicted octanol–water partition coefficient (Wildman–Crippen LogP) is 3.87. The quantitative estimate of drug-likeness (QED) is 0.748. The number of piperidine rings is 1. The largest absolute Gasteiger partial charge is 0.484 e. The minimum absolute atomic E-state index is 0.0917. The van der Waals surface area contributed by atoms with E-state index in [1.54, 1.807) is 18.2 Å². The molecule has 2 aromatic rings. The smallest absolute Gasteiger partial charge is 0.274 e. The normalized spacial score (nSPS) is 23.4. The van der Waals surface area contributed by atoms with Gasteiger partial charge in [-0.15, -0.1) is 0 Å². The molecule has 2 atom stereocenters. The van der Waals surface area contributed by atoms with Gasteiger partial charge in [-0.25, -0.2) is 0 Å². The molecule has 2 aliphatic heterocycles. The number of hydrogen-bond donors (Lipinski definition) is 1. The summed E-state index contributed by atoms with van der Waals surface area (Å²) in [7, 11) is 0. The van der Waals surface area contributed by atoms with E-state index in [4.69, 9.17) is 4.74 Å². The molecule has 1 saturated heterocycles. The Morgan fingerprint density at radius 1 is 1.00 bits per heavy atom. The molecule has 1 N–H and O–H groups in total. The summed E-state index contributed by atoms with van der Waals surface area (Å²) in [6.07, 6.45) is 8.08. The van der Waals surface area contributed by atoms with Crippen molar-refractivity contribution in [2.24, 2.45) is 11.8 Å². The zero-order chi connectivity index (χ0) is 21.9. The third kappa shape index (κ3) is 4.75. The van der Waals surface area contributed by atoms with Gasteiger partial charge in [0, 0.05) is 37.8 Å². The highest BCUT2D eigenvalue weighted by Gasteiger charge is 2.35. The molecule has 2 bridgehead atoms. The lowest BCUT2D eigenvalue weighted by molar-refractivity contribution is -0.118. The Morgan fingerprint density at radius 2 is 1.81 bits per heavy atom. The second-order valence-corrected chi connectivity index (χ2v) is 9.76. The van der Waals surface area contributed by atoms with Gasteiger partial charge < -0.3 is 19.5 Å². The summed E-state index contributed by atoms with van der Waals surface area (Å²) in [5, 5.41) is 2.75. The minimum atomic E-state index is -0.318. The van der Waals surface area contributed by atoms with Crippen LogP contribution in [0.3, 0.4) is 0 Å². The van der Waals surface area contributed by atoms with E-state index in [0.29, 0.717) is 23.3 Å². The number of ether oxygens (including phenoxy) is 1. The molecule has 170 valence electrons. The molecule has 1 aromatic heterocycles. The van der Waals surface area contributed by atoms with Gasteiger partial charge in [0.05, 0.1) is 0 Å². The number of nitrogens with one attached hydrogen (secondary N) is 1. The lowest BCUT2D eigenvalue weighted by Gasteiger charge is -2.44. The first-order valence-corrected chi connectivity index (χ1v) is 12.1. The van der Waals surface area contributed by atoms with Crippen LogP contribution in [0, 0.1) is 11.8 Å². The number of amides is 1. The predicted molar refractivity (Wildman–Crippen MR) is 125 cm³/mol. The third-order valence-electron chi connectivity index (χ3n) is 7.31. The molecule has 2 fully saturated rings. The molecular weight excluding hydrogens is 402 g/mol. The van der Waals surface area contributed by atoms with Crippen molar-refractivity contribution in [1.82, 2.24) is 9.47 Å². The molecule has 3 aliphatic rings. The highest BCUT2D eigenvalue weighted by atomic mass is 16.5. The second-order valence-electron chi connectivity index (χ2n) is 9.76. The van der Waals surface area contributed by atoms with E-state index in [0.717, 1.165) is 37.7 Å². The minimum Gasteiger partial charge on any atom is -0.484 e. The van der Waals surface area contributed by atoms with Crippen LogP contribution in [0.25, 0.3) is 0 Å². The van der Waals surface area contributed by atoms with Crippen molar-refractivity contribution in [3.8, 4) is 5.75 Å². The molecule has 1 aliphatic carbocycles. The number of rotatable bonds is 6. The lowest BCUT2D eigenvalue weighted by atomic mass is 9.81. The Balaban J connectivity index is 1.23. The van der Waals surface area contributed by atoms with Gasteiger partial charge in [-0.05, 0) is 55.4 Å². The van der Waals surface area contributed by atoms with Crippen LogP contribution in [0.1, 0.15) is 50.1 Å². The van der Waals surface area contributed by atoms with E-state index in [-0.39, 0.29) is 18.1 Å². The van der Waals surface area contributed by atoms with Gasteiger partial charge in [0.15, 0.2) is 6.61 Å². The van der Waals surface area contributed by atoms with Gasteiger partial charge in [0.1, 0.15) is 11.4 Å². The summed E-state index contributed by atoms with van der Waals surface area (Å²) in [5.41, 5.74) is 1.37. The highest BCUT2D eigenvalue weighted by Crippen LogP contribution is 2.36. The van der Waals surface area contributed by atoms with E-state index in [1.165, 1.54) is 38.6 Å². The molecule has 3 heterocycles. The zero-order valence-electron chi connectivity index (χ0n) is 18.7. The van der Waals surface area contributed by atoms with E-state index >= 15 is 0 Å². The number of fused-ring (bicyclic) bond motifs is 4. The number of likely N-dealkylation sites (tertiary alicyclic amines) is 1. The Hall–Kier alpha value is -2.60. The van der Waals surface area contributed by atoms with E-state index in [9.17, 15) is 9.59 Å². The maximum atomic E-state index is 13.1. The maximum Gasteiger partial charge on any atom is 0.274 e. The van der Waals surface area contributed by atoms with Gasteiger partial charge in [-0.3, -0.25) is 9.59 Å². The van der Waals surface area contributed by atoms with Crippen LogP contribution >= 0.6 is 0 Å². The molecular formula is C26H33N3O3. The molecule has 1 aromatic carbocycles. The van der Waals surface area contributed by atoms with Crippen LogP contribution in [0.5, 0.6) is 5.75 Å². The number of benzene rings is 1. The number of pyridine rings is 1. The van der Waals surface area contributed by atoms with Gasteiger partial charge in [-0.1, -0.05) is 37.5 Å². The maximum absolute atomic E-state index is 13.1. The molecule has 1 saturated carbocycles. The van der Waals surface area contributed by atoms with Crippen molar-refractivity contribution in [1.29, 1.82) is 0 Å².